The second-order valence-electron chi connectivity index (χ2n) is 8.08. The average Bonchev–Trinajstić information content (AvgIpc) is 3.08. The van der Waals surface area contributed by atoms with E-state index in [0.29, 0.717) is 32.6 Å². The molecule has 1 aromatic carbocycles. The Bertz CT molecular complexity index is 1060. The molecular weight excluding hydrogens is 423 g/mol. The highest BCUT2D eigenvalue weighted by Gasteiger charge is 2.43. The van der Waals surface area contributed by atoms with Crippen molar-refractivity contribution < 1.29 is 17.6 Å². The number of hydrogen-bond donors (Lipinski definition) is 1. The Kier molecular flexibility index (Phi) is 5.75. The molecular formula is C20H27FN6O3S. The average molecular weight is 451 g/mol. The standard InChI is InChI=1S/C20H27FN6O3S/c1-14-17(13-24(2)22-14)18-12-19(25(3)31(29,30)23-18)20(28)27-10-8-26(9-11-27)16-6-4-15(21)5-7-16/h4-7,13,18-19,23H,8-12H2,1-3H3/t18-,19-/m0/s1. The first-order valence-corrected chi connectivity index (χ1v) is 11.6. The lowest BCUT2D eigenvalue weighted by Crippen LogP contribution is -2.60. The summed E-state index contributed by atoms with van der Waals surface area (Å²) >= 11 is 0. The maximum absolute atomic E-state index is 13.3. The van der Waals surface area contributed by atoms with Crippen LogP contribution >= 0.6 is 0 Å². The van der Waals surface area contributed by atoms with Gasteiger partial charge in [0, 0.05) is 57.7 Å². The summed E-state index contributed by atoms with van der Waals surface area (Å²) in [5.74, 6) is -0.482. The van der Waals surface area contributed by atoms with Gasteiger partial charge in [-0.25, -0.2) is 4.39 Å². The molecule has 2 atom stereocenters. The predicted molar refractivity (Wildman–Crippen MR) is 114 cm³/mol. The summed E-state index contributed by atoms with van der Waals surface area (Å²) in [5, 5.41) is 4.30. The summed E-state index contributed by atoms with van der Waals surface area (Å²) in [7, 11) is -0.587. The van der Waals surface area contributed by atoms with Gasteiger partial charge in [0.15, 0.2) is 0 Å². The van der Waals surface area contributed by atoms with E-state index in [1.807, 2.05) is 6.92 Å². The van der Waals surface area contributed by atoms with Gasteiger partial charge < -0.3 is 9.80 Å². The summed E-state index contributed by atoms with van der Waals surface area (Å²) in [5.41, 5.74) is 2.42. The van der Waals surface area contributed by atoms with Gasteiger partial charge in [-0.3, -0.25) is 9.48 Å². The van der Waals surface area contributed by atoms with E-state index < -0.39 is 22.3 Å². The Morgan fingerprint density at radius 2 is 1.77 bits per heavy atom. The van der Waals surface area contributed by atoms with Crippen LogP contribution in [0.2, 0.25) is 0 Å². The summed E-state index contributed by atoms with van der Waals surface area (Å²) in [6, 6.07) is 4.99. The van der Waals surface area contributed by atoms with Gasteiger partial charge in [0.2, 0.25) is 5.91 Å². The van der Waals surface area contributed by atoms with Crippen molar-refractivity contribution in [2.45, 2.75) is 25.4 Å². The molecule has 11 heteroatoms. The number of aryl methyl sites for hydroxylation is 2. The van der Waals surface area contributed by atoms with E-state index in [1.165, 1.54) is 19.2 Å². The number of aromatic nitrogens is 2. The number of rotatable bonds is 3. The smallest absolute Gasteiger partial charge is 0.280 e. The van der Waals surface area contributed by atoms with E-state index in [4.69, 9.17) is 0 Å². The Morgan fingerprint density at radius 1 is 1.13 bits per heavy atom. The first kappa shape index (κ1) is 21.7. The number of piperazine rings is 1. The van der Waals surface area contributed by atoms with Crippen LogP contribution in [0.4, 0.5) is 10.1 Å². The fourth-order valence-electron chi connectivity index (χ4n) is 4.30. The Morgan fingerprint density at radius 3 is 2.35 bits per heavy atom. The molecule has 1 aromatic heterocycles. The highest BCUT2D eigenvalue weighted by molar-refractivity contribution is 7.87. The molecule has 0 aliphatic carbocycles. The number of carbonyl (C=O) groups is 1. The second-order valence-corrected chi connectivity index (χ2v) is 9.84. The fraction of sp³-hybridized carbons (Fsp3) is 0.500. The summed E-state index contributed by atoms with van der Waals surface area (Å²) in [4.78, 5) is 17.1. The van der Waals surface area contributed by atoms with Crippen LogP contribution in [0.5, 0.6) is 0 Å². The SMILES string of the molecule is Cc1nn(C)cc1[C@@H]1C[C@@H](C(=O)N2CCN(c3ccc(F)cc3)CC2)N(C)S(=O)(=O)N1. The van der Waals surface area contributed by atoms with Gasteiger partial charge in [0.1, 0.15) is 11.9 Å². The maximum Gasteiger partial charge on any atom is 0.280 e. The molecule has 2 saturated heterocycles. The molecule has 2 aliphatic rings. The summed E-state index contributed by atoms with van der Waals surface area (Å²) in [6.07, 6.45) is 2.12. The Labute approximate surface area is 181 Å². The molecule has 2 aliphatic heterocycles. The highest BCUT2D eigenvalue weighted by atomic mass is 32.2. The molecule has 0 saturated carbocycles. The van der Waals surface area contributed by atoms with Gasteiger partial charge in [0.05, 0.1) is 11.7 Å². The molecule has 3 heterocycles. The van der Waals surface area contributed by atoms with Crippen molar-refractivity contribution in [3.8, 4) is 0 Å². The van der Waals surface area contributed by atoms with Gasteiger partial charge in [-0.2, -0.15) is 22.5 Å². The quantitative estimate of drug-likeness (QED) is 0.747. The first-order valence-electron chi connectivity index (χ1n) is 10.2. The van der Waals surface area contributed by atoms with E-state index in [2.05, 4.69) is 14.7 Å². The van der Waals surface area contributed by atoms with Crippen molar-refractivity contribution >= 4 is 21.8 Å². The third-order valence-corrected chi connectivity index (χ3v) is 7.66. The Balaban J connectivity index is 1.48. The highest BCUT2D eigenvalue weighted by Crippen LogP contribution is 2.30. The summed E-state index contributed by atoms with van der Waals surface area (Å²) < 4.78 is 44.1. The van der Waals surface area contributed by atoms with E-state index in [1.54, 1.807) is 35.0 Å². The van der Waals surface area contributed by atoms with Crippen LogP contribution in [0.3, 0.4) is 0 Å². The molecule has 4 rings (SSSR count). The molecule has 0 spiro atoms. The topological polar surface area (TPSA) is 90.8 Å². The lowest BCUT2D eigenvalue weighted by atomic mass is 9.99. The number of hydrogen-bond acceptors (Lipinski definition) is 5. The molecule has 1 amide bonds. The van der Waals surface area contributed by atoms with Gasteiger partial charge in [0.25, 0.3) is 10.2 Å². The lowest BCUT2D eigenvalue weighted by Gasteiger charge is -2.41. The van der Waals surface area contributed by atoms with Crippen LogP contribution in [0.15, 0.2) is 30.5 Å². The van der Waals surface area contributed by atoms with Crippen molar-refractivity contribution in [2.75, 3.05) is 38.1 Å². The van der Waals surface area contributed by atoms with Crippen molar-refractivity contribution in [3.63, 3.8) is 0 Å². The largest absolute Gasteiger partial charge is 0.368 e. The number of likely N-dealkylation sites (N-methyl/N-ethyl adjacent to an activating group) is 1. The van der Waals surface area contributed by atoms with E-state index in [-0.39, 0.29) is 11.7 Å². The summed E-state index contributed by atoms with van der Waals surface area (Å²) in [6.45, 7) is 3.98. The molecule has 0 unspecified atom stereocenters. The van der Waals surface area contributed by atoms with Crippen molar-refractivity contribution in [2.24, 2.45) is 7.05 Å². The van der Waals surface area contributed by atoms with Gasteiger partial charge in [-0.05, 0) is 37.6 Å². The molecule has 31 heavy (non-hydrogen) atoms. The van der Waals surface area contributed by atoms with Crippen molar-refractivity contribution in [3.05, 3.63) is 47.5 Å². The van der Waals surface area contributed by atoms with Crippen LogP contribution in [-0.4, -0.2) is 72.6 Å². The molecule has 2 aromatic rings. The normalized spacial score (nSPS) is 24.4. The van der Waals surface area contributed by atoms with E-state index in [0.717, 1.165) is 21.2 Å². The number of amides is 1. The van der Waals surface area contributed by atoms with Crippen LogP contribution in [0.1, 0.15) is 23.7 Å². The van der Waals surface area contributed by atoms with Crippen LogP contribution in [0.25, 0.3) is 0 Å². The zero-order chi connectivity index (χ0) is 22.3. The number of nitrogens with one attached hydrogen (secondary N) is 1. The zero-order valence-corrected chi connectivity index (χ0v) is 18.6. The minimum absolute atomic E-state index is 0.196. The molecule has 168 valence electrons. The number of benzene rings is 1. The molecule has 0 radical (unpaired) electrons. The Hall–Kier alpha value is -2.50. The lowest BCUT2D eigenvalue weighted by molar-refractivity contribution is -0.136. The van der Waals surface area contributed by atoms with E-state index in [9.17, 15) is 17.6 Å². The third-order valence-electron chi connectivity index (χ3n) is 6.06. The molecule has 1 N–H and O–H groups in total. The van der Waals surface area contributed by atoms with Gasteiger partial charge in [-0.15, -0.1) is 0 Å². The fourth-order valence-corrected chi connectivity index (χ4v) is 5.57. The van der Waals surface area contributed by atoms with Crippen molar-refractivity contribution in [1.29, 1.82) is 0 Å². The van der Waals surface area contributed by atoms with Crippen molar-refractivity contribution in [1.82, 2.24) is 23.7 Å². The third kappa shape index (κ3) is 4.30. The molecule has 9 nitrogen and oxygen atoms in total. The monoisotopic (exact) mass is 450 g/mol. The zero-order valence-electron chi connectivity index (χ0n) is 17.8. The van der Waals surface area contributed by atoms with Crippen LogP contribution in [-0.2, 0) is 22.1 Å². The molecule has 0 bridgehead atoms. The number of nitrogens with zero attached hydrogens (tertiary/aromatic N) is 5. The second kappa shape index (κ2) is 8.21. The molecule has 2 fully saturated rings. The minimum Gasteiger partial charge on any atom is -0.368 e. The first-order chi connectivity index (χ1) is 14.7. The number of halogens is 1. The predicted octanol–water partition coefficient (Wildman–Crippen LogP) is 0.796. The van der Waals surface area contributed by atoms with Crippen LogP contribution in [0, 0.1) is 12.7 Å². The van der Waals surface area contributed by atoms with E-state index >= 15 is 0 Å². The van der Waals surface area contributed by atoms with Gasteiger partial charge >= 0.3 is 0 Å². The minimum atomic E-state index is -3.80. The maximum atomic E-state index is 13.3. The number of carbonyl (C=O) groups excluding carboxylic acids is 1. The van der Waals surface area contributed by atoms with Crippen LogP contribution < -0.4 is 9.62 Å². The van der Waals surface area contributed by atoms with Gasteiger partial charge in [-0.1, -0.05) is 0 Å². The number of anilines is 1.